The van der Waals surface area contributed by atoms with E-state index in [1.54, 1.807) is 0 Å². The third kappa shape index (κ3) is 2.77. The number of hydrogen-bond acceptors (Lipinski definition) is 3. The fourth-order valence-electron chi connectivity index (χ4n) is 1.91. The maximum atomic E-state index is 11.2. The van der Waals surface area contributed by atoms with E-state index in [0.717, 1.165) is 11.6 Å². The van der Waals surface area contributed by atoms with Crippen molar-refractivity contribution >= 4 is 11.9 Å². The number of esters is 1. The quantitative estimate of drug-likeness (QED) is 0.494. The lowest BCUT2D eigenvalue weighted by Gasteiger charge is -2.14. The van der Waals surface area contributed by atoms with Crippen molar-refractivity contribution in [1.29, 1.82) is 0 Å². The van der Waals surface area contributed by atoms with Crippen LogP contribution in [0.1, 0.15) is 35.3 Å². The number of benzene rings is 1. The summed E-state index contributed by atoms with van der Waals surface area (Å²) in [6.45, 7) is 7.10. The molecule has 1 rings (SSSR count). The lowest BCUT2D eigenvalue weighted by molar-refractivity contribution is -0.129. The van der Waals surface area contributed by atoms with Crippen LogP contribution in [-0.4, -0.2) is 17.0 Å². The Labute approximate surface area is 106 Å². The first-order valence-corrected chi connectivity index (χ1v) is 5.77. The summed E-state index contributed by atoms with van der Waals surface area (Å²) in [6, 6.07) is 2.98. The minimum absolute atomic E-state index is 0.257. The summed E-state index contributed by atoms with van der Waals surface area (Å²) in [5.74, 6) is -1.11. The number of rotatable bonds is 5. The van der Waals surface area contributed by atoms with Crippen LogP contribution in [0.5, 0.6) is 5.75 Å². The van der Waals surface area contributed by atoms with Crippen molar-refractivity contribution in [2.75, 3.05) is 0 Å². The zero-order valence-electron chi connectivity index (χ0n) is 10.5. The van der Waals surface area contributed by atoms with Gasteiger partial charge in [-0.15, -0.1) is 0 Å². The Kier molecular flexibility index (Phi) is 4.66. The van der Waals surface area contributed by atoms with Gasteiger partial charge < -0.3 is 9.84 Å². The Balaban J connectivity index is 3.34. The van der Waals surface area contributed by atoms with Crippen molar-refractivity contribution in [2.24, 2.45) is 0 Å². The van der Waals surface area contributed by atoms with E-state index in [1.165, 1.54) is 12.1 Å². The first-order valence-electron chi connectivity index (χ1n) is 5.77. The van der Waals surface area contributed by atoms with Crippen molar-refractivity contribution in [3.8, 4) is 5.75 Å². The number of carboxylic acid groups (broad SMARTS) is 1. The van der Waals surface area contributed by atoms with Gasteiger partial charge in [0.15, 0.2) is 0 Å². The van der Waals surface area contributed by atoms with Gasteiger partial charge in [0.05, 0.1) is 5.56 Å². The van der Waals surface area contributed by atoms with Gasteiger partial charge in [-0.3, -0.25) is 0 Å². The Hall–Kier alpha value is -2.10. The van der Waals surface area contributed by atoms with Gasteiger partial charge in [0, 0.05) is 6.08 Å². The van der Waals surface area contributed by atoms with Crippen LogP contribution in [0.15, 0.2) is 24.8 Å². The number of carbonyl (C=O) groups excluding carboxylic acids is 1. The maximum Gasteiger partial charge on any atom is 0.335 e. The number of carbonyl (C=O) groups is 2. The number of ether oxygens (including phenoxy) is 1. The summed E-state index contributed by atoms with van der Waals surface area (Å²) in [7, 11) is 0. The fourth-order valence-corrected chi connectivity index (χ4v) is 1.91. The highest BCUT2D eigenvalue weighted by atomic mass is 16.5. The molecule has 0 aliphatic heterocycles. The van der Waals surface area contributed by atoms with Gasteiger partial charge in [0.25, 0.3) is 0 Å². The Morgan fingerprint density at radius 3 is 2.33 bits per heavy atom. The molecular formula is C14H16O4. The summed E-state index contributed by atoms with van der Waals surface area (Å²) in [5, 5.41) is 9.11. The Morgan fingerprint density at radius 1 is 1.28 bits per heavy atom. The normalized spacial score (nSPS) is 9.89. The van der Waals surface area contributed by atoms with Crippen LogP contribution in [0.25, 0.3) is 0 Å². The second kappa shape index (κ2) is 6.00. The molecule has 0 heterocycles. The van der Waals surface area contributed by atoms with Gasteiger partial charge in [0.1, 0.15) is 5.75 Å². The predicted molar refractivity (Wildman–Crippen MR) is 68.0 cm³/mol. The number of carboxylic acids is 1. The minimum atomic E-state index is -0.969. The van der Waals surface area contributed by atoms with Gasteiger partial charge in [-0.25, -0.2) is 9.59 Å². The van der Waals surface area contributed by atoms with Gasteiger partial charge in [-0.05, 0) is 36.1 Å². The van der Waals surface area contributed by atoms with Crippen LogP contribution in [0.3, 0.4) is 0 Å². The second-order valence-electron chi connectivity index (χ2n) is 3.71. The molecule has 0 aliphatic rings. The molecule has 0 unspecified atom stereocenters. The summed E-state index contributed by atoms with van der Waals surface area (Å²) in [4.78, 5) is 22.3. The zero-order valence-corrected chi connectivity index (χ0v) is 10.5. The third-order valence-electron chi connectivity index (χ3n) is 2.70. The molecule has 1 aromatic carbocycles. The molecule has 0 radical (unpaired) electrons. The number of aromatic carboxylic acids is 1. The highest BCUT2D eigenvalue weighted by molar-refractivity contribution is 5.90. The SMILES string of the molecule is C=CC(=O)Oc1ccc(C(=O)O)c(CC)c1CC. The monoisotopic (exact) mass is 248 g/mol. The lowest BCUT2D eigenvalue weighted by atomic mass is 9.96. The van der Waals surface area contributed by atoms with Crippen LogP contribution in [0.4, 0.5) is 0 Å². The van der Waals surface area contributed by atoms with Gasteiger partial charge in [0.2, 0.25) is 0 Å². The van der Waals surface area contributed by atoms with E-state index in [0.29, 0.717) is 24.2 Å². The molecule has 0 aliphatic carbocycles. The van der Waals surface area contributed by atoms with Crippen molar-refractivity contribution in [1.82, 2.24) is 0 Å². The van der Waals surface area contributed by atoms with Crippen LogP contribution in [0.2, 0.25) is 0 Å². The molecule has 1 N–H and O–H groups in total. The summed E-state index contributed by atoms with van der Waals surface area (Å²) < 4.78 is 5.11. The molecule has 0 fully saturated rings. The molecule has 4 heteroatoms. The smallest absolute Gasteiger partial charge is 0.335 e. The molecule has 0 bridgehead atoms. The average molecular weight is 248 g/mol. The van der Waals surface area contributed by atoms with E-state index in [9.17, 15) is 9.59 Å². The molecule has 1 aromatic rings. The summed E-state index contributed by atoms with van der Waals surface area (Å²) in [6.07, 6.45) is 2.25. The zero-order chi connectivity index (χ0) is 13.7. The predicted octanol–water partition coefficient (Wildman–Crippen LogP) is 2.60. The van der Waals surface area contributed by atoms with E-state index >= 15 is 0 Å². The maximum absolute atomic E-state index is 11.2. The fraction of sp³-hybridized carbons (Fsp3) is 0.286. The van der Waals surface area contributed by atoms with E-state index in [4.69, 9.17) is 9.84 Å². The molecule has 18 heavy (non-hydrogen) atoms. The number of hydrogen-bond donors (Lipinski definition) is 1. The standard InChI is InChI=1S/C14H16O4/c1-4-9-10(5-2)12(18-13(15)6-3)8-7-11(9)14(16)17/h6-8H,3-5H2,1-2H3,(H,16,17). The molecule has 0 spiro atoms. The van der Waals surface area contributed by atoms with Crippen molar-refractivity contribution < 1.29 is 19.4 Å². The third-order valence-corrected chi connectivity index (χ3v) is 2.70. The molecular weight excluding hydrogens is 232 g/mol. The second-order valence-corrected chi connectivity index (χ2v) is 3.71. The van der Waals surface area contributed by atoms with Crippen LogP contribution >= 0.6 is 0 Å². The minimum Gasteiger partial charge on any atom is -0.478 e. The molecule has 0 saturated heterocycles. The summed E-state index contributed by atoms with van der Waals surface area (Å²) in [5.41, 5.74) is 1.72. The first kappa shape index (κ1) is 14.0. The molecule has 0 aromatic heterocycles. The van der Waals surface area contributed by atoms with Gasteiger partial charge in [-0.1, -0.05) is 20.4 Å². The van der Waals surface area contributed by atoms with Gasteiger partial charge >= 0.3 is 11.9 Å². The van der Waals surface area contributed by atoms with E-state index < -0.39 is 11.9 Å². The average Bonchev–Trinajstić information content (AvgIpc) is 2.37. The van der Waals surface area contributed by atoms with E-state index in [-0.39, 0.29) is 5.56 Å². The topological polar surface area (TPSA) is 63.6 Å². The van der Waals surface area contributed by atoms with Crippen LogP contribution in [0, 0.1) is 0 Å². The molecule has 96 valence electrons. The van der Waals surface area contributed by atoms with Crippen molar-refractivity contribution in [3.05, 3.63) is 41.5 Å². The molecule has 0 amide bonds. The van der Waals surface area contributed by atoms with Crippen LogP contribution in [-0.2, 0) is 17.6 Å². The summed E-state index contributed by atoms with van der Waals surface area (Å²) >= 11 is 0. The molecule has 0 atom stereocenters. The first-order chi connectivity index (χ1) is 8.54. The Bertz CT molecular complexity index is 489. The lowest BCUT2D eigenvalue weighted by Crippen LogP contribution is -2.10. The molecule has 4 nitrogen and oxygen atoms in total. The van der Waals surface area contributed by atoms with Crippen molar-refractivity contribution in [3.63, 3.8) is 0 Å². The highest BCUT2D eigenvalue weighted by Crippen LogP contribution is 2.27. The van der Waals surface area contributed by atoms with Crippen molar-refractivity contribution in [2.45, 2.75) is 26.7 Å². The molecule has 0 saturated carbocycles. The largest absolute Gasteiger partial charge is 0.478 e. The van der Waals surface area contributed by atoms with E-state index in [2.05, 4.69) is 6.58 Å². The highest BCUT2D eigenvalue weighted by Gasteiger charge is 2.17. The Morgan fingerprint density at radius 2 is 1.89 bits per heavy atom. The van der Waals surface area contributed by atoms with E-state index in [1.807, 2.05) is 13.8 Å². The van der Waals surface area contributed by atoms with Crippen LogP contribution < -0.4 is 4.74 Å². The van der Waals surface area contributed by atoms with Gasteiger partial charge in [-0.2, -0.15) is 0 Å².